The van der Waals surface area contributed by atoms with Gasteiger partial charge in [0.2, 0.25) is 27.6 Å². The quantitative estimate of drug-likeness (QED) is 0.444. The Morgan fingerprint density at radius 1 is 1.00 bits per heavy atom. The zero-order chi connectivity index (χ0) is 26.5. The molecule has 0 aliphatic carbocycles. The lowest BCUT2D eigenvalue weighted by atomic mass is 9.96. The SMILES string of the molecule is O=C(Nc1ccc(S(=O)(=O)N2CCCCCC2)cc1)C1CCN(Cc2nc(-c3cccc(Cl)c3)no2)CC1. The number of likely N-dealkylation sites (tertiary alicyclic amines) is 1. The Kier molecular flexibility index (Phi) is 8.42. The van der Waals surface area contributed by atoms with Crippen LogP contribution in [0, 0.1) is 5.92 Å². The molecule has 202 valence electrons. The van der Waals surface area contributed by atoms with E-state index in [1.807, 2.05) is 12.1 Å². The van der Waals surface area contributed by atoms with Crippen LogP contribution in [-0.4, -0.2) is 59.8 Å². The summed E-state index contributed by atoms with van der Waals surface area (Å²) in [7, 11) is -3.51. The highest BCUT2D eigenvalue weighted by molar-refractivity contribution is 7.89. The Balaban J connectivity index is 1.11. The minimum atomic E-state index is -3.51. The van der Waals surface area contributed by atoms with Crippen LogP contribution in [0.1, 0.15) is 44.4 Å². The number of carbonyl (C=O) groups is 1. The number of anilines is 1. The minimum absolute atomic E-state index is 0.0474. The van der Waals surface area contributed by atoms with E-state index in [-0.39, 0.29) is 16.7 Å². The Bertz CT molecular complexity index is 1350. The second kappa shape index (κ2) is 11.9. The molecule has 2 aromatic carbocycles. The molecule has 0 atom stereocenters. The highest BCUT2D eigenvalue weighted by Gasteiger charge is 2.27. The molecule has 2 saturated heterocycles. The maximum atomic E-state index is 13.0. The number of piperidine rings is 1. The van der Waals surface area contributed by atoms with Gasteiger partial charge in [-0.05, 0) is 75.2 Å². The number of carbonyl (C=O) groups excluding carboxylic acids is 1. The van der Waals surface area contributed by atoms with Crippen LogP contribution >= 0.6 is 11.6 Å². The molecule has 2 aliphatic rings. The number of amides is 1. The summed E-state index contributed by atoms with van der Waals surface area (Å²) in [5, 5.41) is 7.63. The van der Waals surface area contributed by atoms with Crippen molar-refractivity contribution in [3.63, 3.8) is 0 Å². The summed E-state index contributed by atoms with van der Waals surface area (Å²) in [6, 6.07) is 13.8. The van der Waals surface area contributed by atoms with E-state index in [2.05, 4.69) is 20.4 Å². The first-order chi connectivity index (χ1) is 18.4. The van der Waals surface area contributed by atoms with Crippen molar-refractivity contribution in [1.82, 2.24) is 19.3 Å². The van der Waals surface area contributed by atoms with Crippen molar-refractivity contribution < 1.29 is 17.7 Å². The lowest BCUT2D eigenvalue weighted by Crippen LogP contribution is -2.37. The molecule has 38 heavy (non-hydrogen) atoms. The van der Waals surface area contributed by atoms with E-state index in [9.17, 15) is 13.2 Å². The molecule has 3 heterocycles. The standard InChI is InChI=1S/C27H32ClN5O4S/c28-22-7-5-6-21(18-22)26-30-25(37-31-26)19-32-16-12-20(13-17-32)27(34)29-23-8-10-24(11-9-23)38(35,36)33-14-3-1-2-4-15-33/h5-11,18,20H,1-4,12-17,19H2,(H,29,34). The average Bonchev–Trinajstić information content (AvgIpc) is 3.20. The van der Waals surface area contributed by atoms with Crippen LogP contribution in [0.2, 0.25) is 5.02 Å². The number of sulfonamides is 1. The molecule has 1 N–H and O–H groups in total. The van der Waals surface area contributed by atoms with E-state index >= 15 is 0 Å². The van der Waals surface area contributed by atoms with Gasteiger partial charge in [-0.1, -0.05) is 41.7 Å². The zero-order valence-electron chi connectivity index (χ0n) is 21.2. The van der Waals surface area contributed by atoms with Gasteiger partial charge in [-0.25, -0.2) is 8.42 Å². The monoisotopic (exact) mass is 557 g/mol. The van der Waals surface area contributed by atoms with Crippen molar-refractivity contribution in [2.75, 3.05) is 31.5 Å². The summed E-state index contributed by atoms with van der Waals surface area (Å²) in [6.07, 6.45) is 5.34. The highest BCUT2D eigenvalue weighted by atomic mass is 35.5. The number of hydrogen-bond acceptors (Lipinski definition) is 7. The molecule has 2 fully saturated rings. The van der Waals surface area contributed by atoms with Crippen LogP contribution in [-0.2, 0) is 21.4 Å². The predicted octanol–water partition coefficient (Wildman–Crippen LogP) is 4.81. The first-order valence-corrected chi connectivity index (χ1v) is 14.9. The number of rotatable bonds is 7. The third kappa shape index (κ3) is 6.43. The van der Waals surface area contributed by atoms with Gasteiger partial charge in [0.25, 0.3) is 0 Å². The molecule has 2 aliphatic heterocycles. The Morgan fingerprint density at radius 2 is 1.71 bits per heavy atom. The Labute approximate surface area is 228 Å². The minimum Gasteiger partial charge on any atom is -0.338 e. The number of nitrogens with one attached hydrogen (secondary N) is 1. The highest BCUT2D eigenvalue weighted by Crippen LogP contribution is 2.25. The van der Waals surface area contributed by atoms with E-state index in [4.69, 9.17) is 16.1 Å². The van der Waals surface area contributed by atoms with Gasteiger partial charge >= 0.3 is 0 Å². The van der Waals surface area contributed by atoms with Crippen molar-refractivity contribution >= 4 is 33.2 Å². The van der Waals surface area contributed by atoms with E-state index in [0.717, 1.165) is 44.3 Å². The largest absolute Gasteiger partial charge is 0.338 e. The summed E-state index contributed by atoms with van der Waals surface area (Å²) in [5.41, 5.74) is 1.40. The number of halogens is 1. The van der Waals surface area contributed by atoms with Crippen LogP contribution in [0.15, 0.2) is 57.9 Å². The van der Waals surface area contributed by atoms with Crippen molar-refractivity contribution in [2.45, 2.75) is 50.0 Å². The lowest BCUT2D eigenvalue weighted by molar-refractivity contribution is -0.121. The average molecular weight is 558 g/mol. The Hall–Kier alpha value is -2.79. The van der Waals surface area contributed by atoms with Crippen molar-refractivity contribution in [3.8, 4) is 11.4 Å². The summed E-state index contributed by atoms with van der Waals surface area (Å²) < 4.78 is 33.0. The van der Waals surface area contributed by atoms with E-state index in [1.165, 1.54) is 0 Å². The van der Waals surface area contributed by atoms with Crippen LogP contribution in [0.4, 0.5) is 5.69 Å². The second-order valence-electron chi connectivity index (χ2n) is 9.90. The van der Waals surface area contributed by atoms with Crippen molar-refractivity contribution in [1.29, 1.82) is 0 Å². The summed E-state index contributed by atoms with van der Waals surface area (Å²) in [4.78, 5) is 19.8. The maximum absolute atomic E-state index is 13.0. The summed E-state index contributed by atoms with van der Waals surface area (Å²) >= 11 is 6.05. The van der Waals surface area contributed by atoms with Gasteiger partial charge < -0.3 is 9.84 Å². The van der Waals surface area contributed by atoms with Gasteiger partial charge in [0, 0.05) is 35.3 Å². The third-order valence-electron chi connectivity index (χ3n) is 7.19. The molecular formula is C27H32ClN5O4S. The summed E-state index contributed by atoms with van der Waals surface area (Å²) in [5.74, 6) is 0.866. The predicted molar refractivity (Wildman–Crippen MR) is 145 cm³/mol. The van der Waals surface area contributed by atoms with Gasteiger partial charge in [0.05, 0.1) is 11.4 Å². The van der Waals surface area contributed by atoms with Gasteiger partial charge in [0.1, 0.15) is 0 Å². The molecule has 0 spiro atoms. The molecule has 0 radical (unpaired) electrons. The van der Waals surface area contributed by atoms with Gasteiger partial charge in [-0.15, -0.1) is 0 Å². The molecular weight excluding hydrogens is 526 g/mol. The second-order valence-corrected chi connectivity index (χ2v) is 12.3. The first-order valence-electron chi connectivity index (χ1n) is 13.1. The molecule has 1 aromatic heterocycles. The van der Waals surface area contributed by atoms with E-state index in [1.54, 1.807) is 40.7 Å². The van der Waals surface area contributed by atoms with Crippen molar-refractivity contribution in [3.05, 3.63) is 59.4 Å². The van der Waals surface area contributed by atoms with Crippen LogP contribution in [0.25, 0.3) is 11.4 Å². The van der Waals surface area contributed by atoms with Crippen molar-refractivity contribution in [2.24, 2.45) is 5.92 Å². The molecule has 0 saturated carbocycles. The maximum Gasteiger partial charge on any atom is 0.243 e. The van der Waals surface area contributed by atoms with Gasteiger partial charge in [0.15, 0.2) is 0 Å². The normalized spacial score (nSPS) is 18.2. The van der Waals surface area contributed by atoms with Crippen LogP contribution in [0.5, 0.6) is 0 Å². The zero-order valence-corrected chi connectivity index (χ0v) is 22.8. The number of nitrogens with zero attached hydrogens (tertiary/aromatic N) is 4. The number of hydrogen-bond donors (Lipinski definition) is 1. The number of benzene rings is 2. The fourth-order valence-corrected chi connectivity index (χ4v) is 6.70. The third-order valence-corrected chi connectivity index (χ3v) is 9.34. The van der Waals surface area contributed by atoms with Crippen LogP contribution in [0.3, 0.4) is 0 Å². The lowest BCUT2D eigenvalue weighted by Gasteiger charge is -2.30. The molecule has 0 bridgehead atoms. The molecule has 0 unspecified atom stereocenters. The Morgan fingerprint density at radius 3 is 2.39 bits per heavy atom. The van der Waals surface area contributed by atoms with E-state index in [0.29, 0.717) is 54.9 Å². The first kappa shape index (κ1) is 26.8. The van der Waals surface area contributed by atoms with Gasteiger partial charge in [-0.2, -0.15) is 9.29 Å². The smallest absolute Gasteiger partial charge is 0.243 e. The number of aromatic nitrogens is 2. The molecule has 9 nitrogen and oxygen atoms in total. The fraction of sp³-hybridized carbons (Fsp3) is 0.444. The topological polar surface area (TPSA) is 109 Å². The molecule has 3 aromatic rings. The fourth-order valence-electron chi connectivity index (χ4n) is 4.99. The summed E-state index contributed by atoms with van der Waals surface area (Å²) in [6.45, 7) is 3.12. The van der Waals surface area contributed by atoms with Crippen LogP contribution < -0.4 is 5.32 Å². The molecule has 11 heteroatoms. The van der Waals surface area contributed by atoms with Gasteiger partial charge in [-0.3, -0.25) is 9.69 Å². The molecule has 1 amide bonds. The molecule has 5 rings (SSSR count). The van der Waals surface area contributed by atoms with E-state index < -0.39 is 10.0 Å².